The Balaban J connectivity index is 0.757. The zero-order chi connectivity index (χ0) is 54.9. The van der Waals surface area contributed by atoms with Gasteiger partial charge < -0.3 is 77.1 Å². The van der Waals surface area contributed by atoms with Crippen molar-refractivity contribution in [3.05, 3.63) is 56.9 Å². The number of ether oxygens (including phenoxy) is 12. The van der Waals surface area contributed by atoms with Gasteiger partial charge in [-0.2, -0.15) is 0 Å². The molecule has 2 aliphatic rings. The number of esters is 1. The number of cyclic esters (lactones) is 1. The summed E-state index contributed by atoms with van der Waals surface area (Å²) in [6.45, 7) is 18.7. The number of aliphatic hydroxyl groups is 1. The molecule has 0 saturated carbocycles. The number of carbonyl (C=O) groups excluding carboxylic acids is 3. The summed E-state index contributed by atoms with van der Waals surface area (Å²) in [5.74, 6) is 1.79. The molecule has 0 bridgehead atoms. The van der Waals surface area contributed by atoms with Crippen molar-refractivity contribution in [2.24, 2.45) is 5.92 Å². The van der Waals surface area contributed by atoms with Crippen molar-refractivity contribution in [2.45, 2.75) is 78.6 Å². The van der Waals surface area contributed by atoms with Crippen LogP contribution in [0.2, 0.25) is 0 Å². The Kier molecular flexibility index (Phi) is 30.6. The van der Waals surface area contributed by atoms with Gasteiger partial charge in [0.05, 0.1) is 148 Å². The molecule has 5 rings (SSSR count). The Hall–Kier alpha value is -4.11. The molecular formula is C54H82N4O17S2. The third kappa shape index (κ3) is 22.2. The topological polar surface area (TPSA) is 241 Å². The second-order valence-corrected chi connectivity index (χ2v) is 21.0. The number of aryl methyl sites for hydroxylation is 1. The average molecular weight is 1120 g/mol. The molecule has 23 heteroatoms. The lowest BCUT2D eigenvalue weighted by molar-refractivity contribution is -0.172. The summed E-state index contributed by atoms with van der Waals surface area (Å²) >= 11 is 0. The number of hydrogen-bond donors (Lipinski definition) is 3. The van der Waals surface area contributed by atoms with E-state index in [0.717, 1.165) is 35.1 Å². The SMILES string of the molecule is CCc1c2c(nc3ccc(OCCCNC(=O)OCCSSCCNC(=O)CCOCCOCCOCCOCCOCCOCCOCCOCCOCCC(C)C)cc13)-c1cc3c(c(=O)n1C2)COC(=O)[C@]3(O)CC. The van der Waals surface area contributed by atoms with Gasteiger partial charge in [-0.05, 0) is 61.4 Å². The smallest absolute Gasteiger partial charge is 0.407 e. The number of fused-ring (bicyclic) bond motifs is 5. The highest BCUT2D eigenvalue weighted by Gasteiger charge is 2.45. The minimum Gasteiger partial charge on any atom is -0.494 e. The van der Waals surface area contributed by atoms with Crippen LogP contribution in [0.25, 0.3) is 22.3 Å². The van der Waals surface area contributed by atoms with Crippen LogP contribution < -0.4 is 20.9 Å². The Morgan fingerprint density at radius 3 is 1.86 bits per heavy atom. The molecule has 1 aromatic carbocycles. The quantitative estimate of drug-likeness (QED) is 0.0292. The first kappa shape index (κ1) is 63.7. The third-order valence-electron chi connectivity index (χ3n) is 12.3. The first-order valence-electron chi connectivity index (χ1n) is 26.9. The maximum absolute atomic E-state index is 13.6. The Morgan fingerprint density at radius 2 is 1.29 bits per heavy atom. The zero-order valence-electron chi connectivity index (χ0n) is 45.5. The number of benzene rings is 1. The molecule has 432 valence electrons. The summed E-state index contributed by atoms with van der Waals surface area (Å²) in [5.41, 5.74) is 2.33. The van der Waals surface area contributed by atoms with Crippen LogP contribution >= 0.6 is 21.6 Å². The molecule has 1 atom stereocenters. The van der Waals surface area contributed by atoms with Crippen molar-refractivity contribution in [1.29, 1.82) is 0 Å². The number of nitrogens with zero attached hydrogens (tertiary/aromatic N) is 2. The Morgan fingerprint density at radius 1 is 0.714 bits per heavy atom. The first-order valence-corrected chi connectivity index (χ1v) is 29.4. The van der Waals surface area contributed by atoms with Gasteiger partial charge in [-0.1, -0.05) is 49.3 Å². The molecule has 0 saturated heterocycles. The molecule has 0 aliphatic carbocycles. The zero-order valence-corrected chi connectivity index (χ0v) is 47.1. The minimum atomic E-state index is -1.89. The van der Waals surface area contributed by atoms with Gasteiger partial charge in [0, 0.05) is 54.1 Å². The van der Waals surface area contributed by atoms with E-state index in [0.29, 0.717) is 186 Å². The maximum Gasteiger partial charge on any atom is 0.407 e. The van der Waals surface area contributed by atoms with Crippen LogP contribution in [0.3, 0.4) is 0 Å². The lowest BCUT2D eigenvalue weighted by Crippen LogP contribution is -2.44. The van der Waals surface area contributed by atoms with Gasteiger partial charge in [0.15, 0.2) is 5.60 Å². The fourth-order valence-electron chi connectivity index (χ4n) is 8.09. The summed E-state index contributed by atoms with van der Waals surface area (Å²) in [5, 5.41) is 17.8. The normalized spacial score (nSPS) is 14.6. The van der Waals surface area contributed by atoms with E-state index in [2.05, 4.69) is 31.4 Å². The van der Waals surface area contributed by atoms with Crippen molar-refractivity contribution >= 4 is 50.5 Å². The van der Waals surface area contributed by atoms with Crippen LogP contribution in [0, 0.1) is 5.92 Å². The molecule has 4 heterocycles. The largest absolute Gasteiger partial charge is 0.494 e. The lowest BCUT2D eigenvalue weighted by Gasteiger charge is -2.31. The first-order chi connectivity index (χ1) is 37.6. The summed E-state index contributed by atoms with van der Waals surface area (Å²) in [6.07, 6.45) is 2.15. The summed E-state index contributed by atoms with van der Waals surface area (Å²) < 4.78 is 67.7. The standard InChI is InChI=1S/C54H82N4O17S2/c1-5-42-43-36-41(8-9-47(43)57-50-44(42)38-58-48(50)37-46-45(51(58)60)39-75-52(61)54(46,63)6-2)73-14-7-12-56-53(62)74-33-35-77-76-34-13-55-49(59)11-16-65-18-20-67-22-24-69-26-28-71-30-32-72-31-29-70-27-25-68-23-21-66-19-17-64-15-10-40(3)4/h8-9,36-37,40,63H,5-7,10-35,38-39H2,1-4H3,(H,55,59)(H,56,62)/t54-/m0/s1. The van der Waals surface area contributed by atoms with E-state index in [4.69, 9.17) is 61.8 Å². The Bertz CT molecular complexity index is 2290. The van der Waals surface area contributed by atoms with E-state index in [-0.39, 0.29) is 48.6 Å². The number of pyridine rings is 2. The van der Waals surface area contributed by atoms with Gasteiger partial charge in [0.1, 0.15) is 19.0 Å². The molecule has 0 fully saturated rings. The van der Waals surface area contributed by atoms with Gasteiger partial charge in [-0.25, -0.2) is 14.6 Å². The minimum absolute atomic E-state index is 0.0770. The molecule has 77 heavy (non-hydrogen) atoms. The molecule has 2 aliphatic heterocycles. The summed E-state index contributed by atoms with van der Waals surface area (Å²) in [4.78, 5) is 55.5. The molecule has 21 nitrogen and oxygen atoms in total. The molecule has 3 aromatic rings. The van der Waals surface area contributed by atoms with Crippen LogP contribution in [-0.2, 0) is 86.9 Å². The van der Waals surface area contributed by atoms with Crippen molar-refractivity contribution in [2.75, 3.05) is 157 Å². The number of nitrogens with one attached hydrogen (secondary N) is 2. The molecule has 0 spiro atoms. The highest BCUT2D eigenvalue weighted by molar-refractivity contribution is 8.76. The van der Waals surface area contributed by atoms with Gasteiger partial charge in [-0.3, -0.25) is 9.59 Å². The van der Waals surface area contributed by atoms with Gasteiger partial charge in [0.25, 0.3) is 5.56 Å². The fourth-order valence-corrected chi connectivity index (χ4v) is 9.82. The van der Waals surface area contributed by atoms with E-state index in [9.17, 15) is 24.3 Å². The lowest BCUT2D eigenvalue weighted by atomic mass is 9.86. The third-order valence-corrected chi connectivity index (χ3v) is 14.6. The average Bonchev–Trinajstić information content (AvgIpc) is 4.08. The van der Waals surface area contributed by atoms with E-state index < -0.39 is 17.7 Å². The van der Waals surface area contributed by atoms with E-state index in [1.807, 2.05) is 18.2 Å². The second kappa shape index (κ2) is 36.9. The second-order valence-electron chi connectivity index (χ2n) is 18.3. The summed E-state index contributed by atoms with van der Waals surface area (Å²) in [7, 11) is 3.15. The van der Waals surface area contributed by atoms with Crippen LogP contribution in [0.4, 0.5) is 4.79 Å². The van der Waals surface area contributed by atoms with Gasteiger partial charge in [0.2, 0.25) is 5.91 Å². The molecule has 0 radical (unpaired) electrons. The Labute approximate surface area is 460 Å². The monoisotopic (exact) mass is 1120 g/mol. The number of rotatable bonds is 44. The molecule has 2 amide bonds. The van der Waals surface area contributed by atoms with Crippen LogP contribution in [0.15, 0.2) is 29.1 Å². The maximum atomic E-state index is 13.6. The van der Waals surface area contributed by atoms with Crippen molar-refractivity contribution < 1.29 is 76.3 Å². The molecular weight excluding hydrogens is 1040 g/mol. The van der Waals surface area contributed by atoms with Gasteiger partial charge >= 0.3 is 12.1 Å². The summed E-state index contributed by atoms with van der Waals surface area (Å²) in [6, 6.07) is 7.39. The molecule has 0 unspecified atom stereocenters. The number of aromatic nitrogens is 2. The van der Waals surface area contributed by atoms with Crippen LogP contribution in [0.1, 0.15) is 75.6 Å². The highest BCUT2D eigenvalue weighted by atomic mass is 33.1. The van der Waals surface area contributed by atoms with Crippen LogP contribution in [-0.4, -0.2) is 189 Å². The number of carbonyl (C=O) groups is 3. The number of alkyl carbamates (subject to hydrolysis) is 1. The molecule has 2 aromatic heterocycles. The number of hydrogen-bond acceptors (Lipinski definition) is 20. The van der Waals surface area contributed by atoms with E-state index in [1.54, 1.807) is 39.1 Å². The highest BCUT2D eigenvalue weighted by Crippen LogP contribution is 2.41. The van der Waals surface area contributed by atoms with Crippen LogP contribution in [0.5, 0.6) is 5.75 Å². The predicted molar refractivity (Wildman–Crippen MR) is 293 cm³/mol. The van der Waals surface area contributed by atoms with Crippen molar-refractivity contribution in [3.63, 3.8) is 0 Å². The fraction of sp³-hybridized carbons (Fsp3) is 0.685. The van der Waals surface area contributed by atoms with Gasteiger partial charge in [-0.15, -0.1) is 0 Å². The molecule has 3 N–H and O–H groups in total. The number of amides is 2. The van der Waals surface area contributed by atoms with Crippen molar-refractivity contribution in [3.8, 4) is 17.1 Å². The van der Waals surface area contributed by atoms with E-state index >= 15 is 0 Å². The van der Waals surface area contributed by atoms with E-state index in [1.165, 1.54) is 0 Å². The predicted octanol–water partition coefficient (Wildman–Crippen LogP) is 5.22. The van der Waals surface area contributed by atoms with Crippen molar-refractivity contribution in [1.82, 2.24) is 20.2 Å².